The standard InChI is InChI=1S/C18H17FN2O2S/c19-16-7-2-1-6-15(16)18(23)21-20-17(22)11-24-14-9-8-12-4-3-5-13(12)10-14/h1-2,6-10H,3-5,11H2,(H,20,22)(H,21,23). The number of aryl methyl sites for hydroxylation is 2. The fourth-order valence-electron chi connectivity index (χ4n) is 2.66. The monoisotopic (exact) mass is 344 g/mol. The van der Waals surface area contributed by atoms with Crippen molar-refractivity contribution in [2.24, 2.45) is 0 Å². The van der Waals surface area contributed by atoms with Crippen LogP contribution in [0.3, 0.4) is 0 Å². The Balaban J connectivity index is 1.48. The van der Waals surface area contributed by atoms with E-state index >= 15 is 0 Å². The average molecular weight is 344 g/mol. The number of carbonyl (C=O) groups is 2. The summed E-state index contributed by atoms with van der Waals surface area (Å²) >= 11 is 1.41. The lowest BCUT2D eigenvalue weighted by Crippen LogP contribution is -2.42. The molecule has 0 bridgehead atoms. The summed E-state index contributed by atoms with van der Waals surface area (Å²) in [6.07, 6.45) is 3.41. The number of thioether (sulfide) groups is 1. The Morgan fingerprint density at radius 2 is 1.83 bits per heavy atom. The Labute approximate surface area is 143 Å². The molecule has 0 heterocycles. The molecule has 2 aromatic carbocycles. The van der Waals surface area contributed by atoms with Crippen LogP contribution in [0.2, 0.25) is 0 Å². The largest absolute Gasteiger partial charge is 0.272 e. The molecule has 2 N–H and O–H groups in total. The fourth-order valence-corrected chi connectivity index (χ4v) is 3.42. The molecular formula is C18H17FN2O2S. The lowest BCUT2D eigenvalue weighted by molar-refractivity contribution is -0.119. The molecule has 124 valence electrons. The molecule has 0 saturated carbocycles. The second-order valence-corrected chi connectivity index (χ2v) is 6.60. The topological polar surface area (TPSA) is 58.2 Å². The lowest BCUT2D eigenvalue weighted by Gasteiger charge is -2.08. The van der Waals surface area contributed by atoms with Gasteiger partial charge in [-0.1, -0.05) is 18.2 Å². The van der Waals surface area contributed by atoms with E-state index in [9.17, 15) is 14.0 Å². The summed E-state index contributed by atoms with van der Waals surface area (Å²) in [5, 5.41) is 0. The number of halogens is 1. The van der Waals surface area contributed by atoms with Gasteiger partial charge in [0.25, 0.3) is 5.91 Å². The Morgan fingerprint density at radius 1 is 1.04 bits per heavy atom. The predicted octanol–water partition coefficient (Wildman–Crippen LogP) is 2.87. The molecule has 2 aromatic rings. The molecular weight excluding hydrogens is 327 g/mol. The summed E-state index contributed by atoms with van der Waals surface area (Å²) < 4.78 is 13.5. The van der Waals surface area contributed by atoms with Crippen LogP contribution in [0, 0.1) is 5.82 Å². The number of carbonyl (C=O) groups excluding carboxylic acids is 2. The van der Waals surface area contributed by atoms with E-state index in [1.54, 1.807) is 6.07 Å². The quantitative estimate of drug-likeness (QED) is 0.662. The zero-order chi connectivity index (χ0) is 16.9. The SMILES string of the molecule is O=C(CSc1ccc2c(c1)CCC2)NNC(=O)c1ccccc1F. The van der Waals surface area contributed by atoms with Gasteiger partial charge in [0.2, 0.25) is 5.91 Å². The van der Waals surface area contributed by atoms with Crippen molar-refractivity contribution in [2.75, 3.05) is 5.75 Å². The van der Waals surface area contributed by atoms with Crippen molar-refractivity contribution >= 4 is 23.6 Å². The molecule has 0 atom stereocenters. The van der Waals surface area contributed by atoms with E-state index in [1.165, 1.54) is 47.5 Å². The van der Waals surface area contributed by atoms with Gasteiger partial charge in [-0.15, -0.1) is 11.8 Å². The van der Waals surface area contributed by atoms with Gasteiger partial charge in [-0.25, -0.2) is 4.39 Å². The number of fused-ring (bicyclic) bond motifs is 1. The van der Waals surface area contributed by atoms with Crippen molar-refractivity contribution in [1.82, 2.24) is 10.9 Å². The zero-order valence-corrected chi connectivity index (χ0v) is 13.8. The van der Waals surface area contributed by atoms with Crippen LogP contribution >= 0.6 is 11.8 Å². The summed E-state index contributed by atoms with van der Waals surface area (Å²) in [5.41, 5.74) is 7.17. The van der Waals surface area contributed by atoms with Gasteiger partial charge in [-0.3, -0.25) is 20.4 Å². The number of amides is 2. The predicted molar refractivity (Wildman–Crippen MR) is 91.2 cm³/mol. The summed E-state index contributed by atoms with van der Waals surface area (Å²) in [6.45, 7) is 0. The third kappa shape index (κ3) is 3.94. The Hall–Kier alpha value is -2.34. The highest BCUT2D eigenvalue weighted by molar-refractivity contribution is 8.00. The lowest BCUT2D eigenvalue weighted by atomic mass is 10.1. The van der Waals surface area contributed by atoms with E-state index in [-0.39, 0.29) is 17.2 Å². The number of benzene rings is 2. The molecule has 6 heteroatoms. The zero-order valence-electron chi connectivity index (χ0n) is 13.0. The van der Waals surface area contributed by atoms with E-state index in [0.29, 0.717) is 0 Å². The van der Waals surface area contributed by atoms with Crippen LogP contribution in [0.1, 0.15) is 27.9 Å². The molecule has 24 heavy (non-hydrogen) atoms. The first kappa shape index (κ1) is 16.5. The van der Waals surface area contributed by atoms with E-state index in [4.69, 9.17) is 0 Å². The molecule has 0 spiro atoms. The fraction of sp³-hybridized carbons (Fsp3) is 0.222. The Morgan fingerprint density at radius 3 is 2.67 bits per heavy atom. The first-order valence-electron chi connectivity index (χ1n) is 7.72. The van der Waals surface area contributed by atoms with Crippen LogP contribution in [0.5, 0.6) is 0 Å². The minimum absolute atomic E-state index is 0.107. The van der Waals surface area contributed by atoms with Gasteiger partial charge in [0.1, 0.15) is 5.82 Å². The molecule has 3 rings (SSSR count). The summed E-state index contributed by atoms with van der Waals surface area (Å²) in [7, 11) is 0. The first-order valence-corrected chi connectivity index (χ1v) is 8.70. The van der Waals surface area contributed by atoms with Crippen LogP contribution in [0.15, 0.2) is 47.4 Å². The smallest absolute Gasteiger partial charge is 0.272 e. The molecule has 0 radical (unpaired) electrons. The molecule has 0 saturated heterocycles. The number of hydrogen-bond donors (Lipinski definition) is 2. The van der Waals surface area contributed by atoms with Crippen molar-refractivity contribution in [1.29, 1.82) is 0 Å². The Bertz CT molecular complexity index is 779. The molecule has 1 aliphatic rings. The van der Waals surface area contributed by atoms with E-state index < -0.39 is 11.7 Å². The third-order valence-corrected chi connectivity index (χ3v) is 4.87. The maximum absolute atomic E-state index is 13.5. The first-order chi connectivity index (χ1) is 11.6. The average Bonchev–Trinajstić information content (AvgIpc) is 3.06. The minimum Gasteiger partial charge on any atom is -0.272 e. The number of hydrazine groups is 1. The van der Waals surface area contributed by atoms with Crippen molar-refractivity contribution < 1.29 is 14.0 Å². The van der Waals surface area contributed by atoms with Crippen molar-refractivity contribution in [3.05, 3.63) is 65.0 Å². The molecule has 1 aliphatic carbocycles. The van der Waals surface area contributed by atoms with Gasteiger partial charge in [-0.05, 0) is 54.7 Å². The highest BCUT2D eigenvalue weighted by atomic mass is 32.2. The van der Waals surface area contributed by atoms with Crippen molar-refractivity contribution in [2.45, 2.75) is 24.2 Å². The number of rotatable bonds is 4. The molecule has 0 fully saturated rings. The molecule has 0 aromatic heterocycles. The summed E-state index contributed by atoms with van der Waals surface area (Å²) in [6, 6.07) is 11.9. The number of nitrogens with one attached hydrogen (secondary N) is 2. The number of hydrogen-bond acceptors (Lipinski definition) is 3. The second kappa shape index (κ2) is 7.49. The summed E-state index contributed by atoms with van der Waals surface area (Å²) in [5.74, 6) is -1.47. The molecule has 2 amide bonds. The van der Waals surface area contributed by atoms with Gasteiger partial charge in [0, 0.05) is 4.90 Å². The van der Waals surface area contributed by atoms with E-state index in [1.807, 2.05) is 6.07 Å². The summed E-state index contributed by atoms with van der Waals surface area (Å²) in [4.78, 5) is 24.7. The molecule has 4 nitrogen and oxygen atoms in total. The van der Waals surface area contributed by atoms with Crippen LogP contribution in [-0.4, -0.2) is 17.6 Å². The van der Waals surface area contributed by atoms with Gasteiger partial charge in [0.05, 0.1) is 11.3 Å². The minimum atomic E-state index is -0.677. The van der Waals surface area contributed by atoms with Gasteiger partial charge in [0.15, 0.2) is 0 Å². The van der Waals surface area contributed by atoms with Crippen LogP contribution in [0.25, 0.3) is 0 Å². The van der Waals surface area contributed by atoms with Gasteiger partial charge >= 0.3 is 0 Å². The van der Waals surface area contributed by atoms with Crippen LogP contribution in [0.4, 0.5) is 4.39 Å². The maximum atomic E-state index is 13.5. The Kier molecular flexibility index (Phi) is 5.15. The van der Waals surface area contributed by atoms with Gasteiger partial charge < -0.3 is 0 Å². The normalized spacial score (nSPS) is 12.5. The van der Waals surface area contributed by atoms with Gasteiger partial charge in [-0.2, -0.15) is 0 Å². The van der Waals surface area contributed by atoms with Crippen LogP contribution in [-0.2, 0) is 17.6 Å². The molecule has 0 unspecified atom stereocenters. The van der Waals surface area contributed by atoms with Crippen molar-refractivity contribution in [3.63, 3.8) is 0 Å². The van der Waals surface area contributed by atoms with Crippen molar-refractivity contribution in [3.8, 4) is 0 Å². The van der Waals surface area contributed by atoms with E-state index in [2.05, 4.69) is 23.0 Å². The van der Waals surface area contributed by atoms with Crippen LogP contribution < -0.4 is 10.9 Å². The maximum Gasteiger partial charge on any atom is 0.272 e. The highest BCUT2D eigenvalue weighted by Crippen LogP contribution is 2.27. The second-order valence-electron chi connectivity index (χ2n) is 5.55. The highest BCUT2D eigenvalue weighted by Gasteiger charge is 2.13. The van der Waals surface area contributed by atoms with E-state index in [0.717, 1.165) is 17.7 Å². The third-order valence-electron chi connectivity index (χ3n) is 3.87. The molecule has 0 aliphatic heterocycles.